The Bertz CT molecular complexity index is 1960. The number of benzene rings is 1. The van der Waals surface area contributed by atoms with Crippen molar-refractivity contribution in [3.05, 3.63) is 67.1 Å². The Morgan fingerprint density at radius 2 is 1.80 bits per heavy atom. The normalized spacial score (nSPS) is 12.7. The minimum absolute atomic E-state index is 0.0321. The molecule has 4 N–H and O–H groups in total. The van der Waals surface area contributed by atoms with Crippen molar-refractivity contribution in [2.75, 3.05) is 32.6 Å². The molecule has 1 aromatic carbocycles. The standard InChI is InChI=1S/C33H36FN9O2/c1-33(2,3)13-29(44)38-22-9-20(14-35-15-22)26-12-24-27(18-37-26)41-42-31(24)32-39-28-17-36-16-25(30(28)40-32)19-8-21(34)11-23(10-19)45-7-6-43(4)5/h8-12,14-18,29,38,44H,6-7,13H2,1-5H3,(H,39,40)(H,41,42). The molecule has 0 spiro atoms. The smallest absolute Gasteiger partial charge is 0.159 e. The van der Waals surface area contributed by atoms with E-state index >= 15 is 0 Å². The average Bonchev–Trinajstić information content (AvgIpc) is 3.59. The average molecular weight is 610 g/mol. The molecule has 5 aromatic heterocycles. The molecule has 0 saturated carbocycles. The van der Waals surface area contributed by atoms with Gasteiger partial charge in [0.05, 0.1) is 46.5 Å². The van der Waals surface area contributed by atoms with E-state index in [1.54, 1.807) is 37.1 Å². The molecule has 0 saturated heterocycles. The monoisotopic (exact) mass is 609 g/mol. The van der Waals surface area contributed by atoms with Crippen molar-refractivity contribution in [2.24, 2.45) is 5.41 Å². The van der Waals surface area contributed by atoms with Gasteiger partial charge in [0.25, 0.3) is 0 Å². The summed E-state index contributed by atoms with van der Waals surface area (Å²) < 4.78 is 20.5. The molecule has 0 aliphatic carbocycles. The van der Waals surface area contributed by atoms with E-state index in [0.29, 0.717) is 70.4 Å². The Morgan fingerprint density at radius 1 is 0.978 bits per heavy atom. The number of anilines is 1. The second-order valence-corrected chi connectivity index (χ2v) is 12.6. The predicted octanol–water partition coefficient (Wildman–Crippen LogP) is 5.87. The summed E-state index contributed by atoms with van der Waals surface area (Å²) in [6.45, 7) is 7.38. The second kappa shape index (κ2) is 12.2. The summed E-state index contributed by atoms with van der Waals surface area (Å²) in [7, 11) is 3.91. The zero-order chi connectivity index (χ0) is 31.7. The molecule has 11 nitrogen and oxygen atoms in total. The fourth-order valence-corrected chi connectivity index (χ4v) is 5.14. The van der Waals surface area contributed by atoms with E-state index in [-0.39, 0.29) is 5.41 Å². The molecule has 6 aromatic rings. The molecule has 0 aliphatic rings. The van der Waals surface area contributed by atoms with Gasteiger partial charge in [-0.25, -0.2) is 9.37 Å². The van der Waals surface area contributed by atoms with Gasteiger partial charge >= 0.3 is 0 Å². The van der Waals surface area contributed by atoms with Crippen molar-refractivity contribution >= 4 is 27.6 Å². The summed E-state index contributed by atoms with van der Waals surface area (Å²) in [5.74, 6) is 0.562. The molecule has 45 heavy (non-hydrogen) atoms. The highest BCUT2D eigenvalue weighted by Crippen LogP contribution is 2.34. The summed E-state index contributed by atoms with van der Waals surface area (Å²) in [5.41, 5.74) is 6.06. The Labute approximate surface area is 259 Å². The number of imidazole rings is 1. The molecule has 1 unspecified atom stereocenters. The topological polar surface area (TPSA) is 141 Å². The summed E-state index contributed by atoms with van der Waals surface area (Å²) >= 11 is 0. The molecule has 0 bridgehead atoms. The molecule has 0 radical (unpaired) electrons. The van der Waals surface area contributed by atoms with Crippen LogP contribution in [0.1, 0.15) is 27.2 Å². The number of hydrogen-bond acceptors (Lipinski definition) is 9. The van der Waals surface area contributed by atoms with E-state index in [4.69, 9.17) is 9.72 Å². The lowest BCUT2D eigenvalue weighted by molar-refractivity contribution is 0.145. The number of ether oxygens (including phenoxy) is 1. The first-order valence-electron chi connectivity index (χ1n) is 14.7. The second-order valence-electron chi connectivity index (χ2n) is 12.6. The highest BCUT2D eigenvalue weighted by Gasteiger charge is 2.19. The molecule has 0 aliphatic heterocycles. The van der Waals surface area contributed by atoms with Gasteiger partial charge < -0.3 is 25.0 Å². The van der Waals surface area contributed by atoms with Gasteiger partial charge in [-0.1, -0.05) is 20.8 Å². The third kappa shape index (κ3) is 6.92. The molecule has 1 atom stereocenters. The highest BCUT2D eigenvalue weighted by atomic mass is 19.1. The SMILES string of the molecule is CN(C)CCOc1cc(F)cc(-c2cncc3[nH]c(-c4n[nH]c5cnc(-c6cncc(NC(O)CC(C)(C)C)c6)cc45)nc23)c1. The summed E-state index contributed by atoms with van der Waals surface area (Å²) in [6, 6.07) is 8.45. The summed E-state index contributed by atoms with van der Waals surface area (Å²) in [6.07, 6.45) is 8.35. The van der Waals surface area contributed by atoms with Crippen LogP contribution < -0.4 is 10.1 Å². The van der Waals surface area contributed by atoms with Crippen LogP contribution in [0.5, 0.6) is 5.75 Å². The van der Waals surface area contributed by atoms with Crippen molar-refractivity contribution in [1.82, 2.24) is 40.0 Å². The van der Waals surface area contributed by atoms with Crippen LogP contribution in [-0.4, -0.2) is 78.6 Å². The molecule has 232 valence electrons. The number of aliphatic hydroxyl groups excluding tert-OH is 1. The zero-order valence-corrected chi connectivity index (χ0v) is 25.9. The Balaban J connectivity index is 1.32. The van der Waals surface area contributed by atoms with E-state index < -0.39 is 12.0 Å². The number of nitrogens with one attached hydrogen (secondary N) is 3. The number of pyridine rings is 3. The van der Waals surface area contributed by atoms with Gasteiger partial charge in [-0.15, -0.1) is 0 Å². The van der Waals surface area contributed by atoms with Crippen LogP contribution in [0, 0.1) is 11.2 Å². The minimum Gasteiger partial charge on any atom is -0.492 e. The van der Waals surface area contributed by atoms with Gasteiger partial charge in [0.15, 0.2) is 5.82 Å². The van der Waals surface area contributed by atoms with Crippen LogP contribution in [-0.2, 0) is 0 Å². The Morgan fingerprint density at radius 3 is 2.60 bits per heavy atom. The number of halogens is 1. The van der Waals surface area contributed by atoms with Gasteiger partial charge in [0.1, 0.15) is 30.1 Å². The first-order valence-corrected chi connectivity index (χ1v) is 14.7. The van der Waals surface area contributed by atoms with E-state index in [1.165, 1.54) is 12.1 Å². The molecular weight excluding hydrogens is 573 g/mol. The maximum atomic E-state index is 14.7. The fourth-order valence-electron chi connectivity index (χ4n) is 5.14. The van der Waals surface area contributed by atoms with Crippen molar-refractivity contribution in [1.29, 1.82) is 0 Å². The largest absolute Gasteiger partial charge is 0.492 e. The number of H-pyrrole nitrogens is 2. The summed E-state index contributed by atoms with van der Waals surface area (Å²) in [5, 5.41) is 22.0. The number of rotatable bonds is 10. The fraction of sp³-hybridized carbons (Fsp3) is 0.303. The first kappa shape index (κ1) is 30.1. The van der Waals surface area contributed by atoms with E-state index in [0.717, 1.165) is 16.5 Å². The number of hydrogen-bond donors (Lipinski definition) is 4. The lowest BCUT2D eigenvalue weighted by Gasteiger charge is -2.23. The van der Waals surface area contributed by atoms with Gasteiger partial charge in [0, 0.05) is 41.5 Å². The van der Waals surface area contributed by atoms with Crippen molar-refractivity contribution < 1.29 is 14.2 Å². The summed E-state index contributed by atoms with van der Waals surface area (Å²) in [4.78, 5) is 23.6. The van der Waals surface area contributed by atoms with Crippen molar-refractivity contribution in [3.8, 4) is 39.7 Å². The zero-order valence-electron chi connectivity index (χ0n) is 25.9. The van der Waals surface area contributed by atoms with Gasteiger partial charge in [0.2, 0.25) is 0 Å². The van der Waals surface area contributed by atoms with Crippen molar-refractivity contribution in [3.63, 3.8) is 0 Å². The van der Waals surface area contributed by atoms with Crippen LogP contribution in [0.4, 0.5) is 10.1 Å². The van der Waals surface area contributed by atoms with Gasteiger partial charge in [-0.05, 0) is 55.8 Å². The maximum absolute atomic E-state index is 14.7. The molecule has 0 fully saturated rings. The third-order valence-corrected chi connectivity index (χ3v) is 7.23. The van der Waals surface area contributed by atoms with Crippen LogP contribution in [0.2, 0.25) is 0 Å². The third-order valence-electron chi connectivity index (χ3n) is 7.23. The molecule has 12 heteroatoms. The van der Waals surface area contributed by atoms with Gasteiger partial charge in [-0.2, -0.15) is 5.10 Å². The van der Waals surface area contributed by atoms with Crippen LogP contribution in [0.25, 0.3) is 55.8 Å². The van der Waals surface area contributed by atoms with Gasteiger partial charge in [-0.3, -0.25) is 20.1 Å². The van der Waals surface area contributed by atoms with Crippen LogP contribution >= 0.6 is 0 Å². The lowest BCUT2D eigenvalue weighted by Crippen LogP contribution is -2.25. The number of likely N-dealkylation sites (N-methyl/N-ethyl adjacent to an activating group) is 1. The Kier molecular flexibility index (Phi) is 8.17. The number of aromatic nitrogens is 7. The number of fused-ring (bicyclic) bond motifs is 2. The van der Waals surface area contributed by atoms with Crippen molar-refractivity contribution in [2.45, 2.75) is 33.4 Å². The van der Waals surface area contributed by atoms with E-state index in [2.05, 4.69) is 56.2 Å². The van der Waals surface area contributed by atoms with Crippen LogP contribution in [0.15, 0.2) is 61.3 Å². The number of nitrogens with zero attached hydrogens (tertiary/aromatic N) is 6. The molecular formula is C33H36FN9O2. The lowest BCUT2D eigenvalue weighted by atomic mass is 9.91. The predicted molar refractivity (Wildman–Crippen MR) is 173 cm³/mol. The van der Waals surface area contributed by atoms with Crippen LogP contribution in [0.3, 0.4) is 0 Å². The molecule has 6 rings (SSSR count). The van der Waals surface area contributed by atoms with E-state index in [1.807, 2.05) is 31.1 Å². The quantitative estimate of drug-likeness (QED) is 0.140. The maximum Gasteiger partial charge on any atom is 0.159 e. The first-order chi connectivity index (χ1) is 21.5. The van der Waals surface area contributed by atoms with E-state index in [9.17, 15) is 9.50 Å². The minimum atomic E-state index is -0.708. The molecule has 0 amide bonds. The molecule has 5 heterocycles. The number of aromatic amines is 2. The Hall–Kier alpha value is -4.94. The number of aliphatic hydroxyl groups is 1. The highest BCUT2D eigenvalue weighted by molar-refractivity contribution is 5.97.